The Morgan fingerprint density at radius 1 is 1.03 bits per heavy atom. The molecule has 0 fully saturated rings. The second-order valence-electron chi connectivity index (χ2n) is 9.69. The molecule has 0 radical (unpaired) electrons. The lowest BCUT2D eigenvalue weighted by molar-refractivity contribution is 0.0489. The summed E-state index contributed by atoms with van der Waals surface area (Å²) in [5.41, 5.74) is 0.430. The highest BCUT2D eigenvalue weighted by Gasteiger charge is 2.38. The number of allylic oxidation sites excluding steroid dienone is 1. The van der Waals surface area contributed by atoms with E-state index in [-0.39, 0.29) is 24.9 Å². The smallest absolute Gasteiger partial charge is 0.407 e. The van der Waals surface area contributed by atoms with Crippen molar-refractivity contribution in [2.24, 2.45) is 0 Å². The third kappa shape index (κ3) is 5.08. The van der Waals surface area contributed by atoms with E-state index in [1.54, 1.807) is 51.1 Å². The number of alkyl carbamates (subject to hydrolysis) is 1. The number of benzene rings is 2. The van der Waals surface area contributed by atoms with Crippen LogP contribution in [0.25, 0.3) is 0 Å². The van der Waals surface area contributed by atoms with Gasteiger partial charge < -0.3 is 10.1 Å². The van der Waals surface area contributed by atoms with Crippen LogP contribution in [0.15, 0.2) is 48.0 Å². The average molecular weight is 486 g/mol. The third-order valence-electron chi connectivity index (χ3n) is 6.01. The largest absolute Gasteiger partial charge is 0.444 e. The van der Waals surface area contributed by atoms with Gasteiger partial charge in [0.15, 0.2) is 11.6 Å². The van der Waals surface area contributed by atoms with Gasteiger partial charge in [0.2, 0.25) is 0 Å². The summed E-state index contributed by atoms with van der Waals surface area (Å²) in [6.07, 6.45) is 1.30. The number of hydrogen-bond donors (Lipinski definition) is 1. The molecule has 2 unspecified atom stereocenters. The molecule has 0 saturated heterocycles. The summed E-state index contributed by atoms with van der Waals surface area (Å²) in [6.45, 7) is 5.06. The van der Waals surface area contributed by atoms with Crippen molar-refractivity contribution >= 4 is 17.9 Å². The number of nitrogens with one attached hydrogen (secondary N) is 1. The predicted molar refractivity (Wildman–Crippen MR) is 121 cm³/mol. The molecule has 1 aliphatic carbocycles. The van der Waals surface area contributed by atoms with E-state index in [9.17, 15) is 27.6 Å². The standard InChI is InChI=1S/C26H25F3N2O4/c1-26(2,3)35-25(34)30-22-10-14(8-9-15(22)18-11-20(28)21(29)12-19(18)27)13-31-23(32)16-6-4-5-7-17(16)24(31)33/h4-8,11-12,15,22H,9-10,13H2,1-3H3,(H,30,34). The van der Waals surface area contributed by atoms with Crippen LogP contribution in [-0.2, 0) is 4.74 Å². The lowest BCUT2D eigenvalue weighted by atomic mass is 9.80. The minimum absolute atomic E-state index is 0.00811. The first kappa shape index (κ1) is 24.5. The first-order valence-corrected chi connectivity index (χ1v) is 11.2. The van der Waals surface area contributed by atoms with Crippen molar-refractivity contribution < 1.29 is 32.3 Å². The second-order valence-corrected chi connectivity index (χ2v) is 9.69. The van der Waals surface area contributed by atoms with Gasteiger partial charge in [-0.1, -0.05) is 23.8 Å². The number of hydrogen-bond acceptors (Lipinski definition) is 4. The molecular formula is C26H25F3N2O4. The molecule has 0 spiro atoms. The molecule has 1 heterocycles. The predicted octanol–water partition coefficient (Wildman–Crippen LogP) is 5.10. The average Bonchev–Trinajstić information content (AvgIpc) is 3.00. The first-order chi connectivity index (χ1) is 16.4. The molecule has 0 bridgehead atoms. The Labute approximate surface area is 200 Å². The summed E-state index contributed by atoms with van der Waals surface area (Å²) in [5, 5.41) is 2.71. The fraction of sp³-hybridized carbons (Fsp3) is 0.346. The Morgan fingerprint density at radius 3 is 2.23 bits per heavy atom. The minimum Gasteiger partial charge on any atom is -0.444 e. The number of halogens is 3. The van der Waals surface area contributed by atoms with E-state index in [2.05, 4.69) is 5.32 Å². The van der Waals surface area contributed by atoms with Gasteiger partial charge in [-0.25, -0.2) is 18.0 Å². The number of nitrogens with zero attached hydrogens (tertiary/aromatic N) is 1. The van der Waals surface area contributed by atoms with E-state index >= 15 is 0 Å². The fourth-order valence-electron chi connectivity index (χ4n) is 4.46. The monoisotopic (exact) mass is 486 g/mol. The zero-order chi connectivity index (χ0) is 25.5. The van der Waals surface area contributed by atoms with Crippen molar-refractivity contribution in [2.75, 3.05) is 6.54 Å². The van der Waals surface area contributed by atoms with Crippen molar-refractivity contribution in [2.45, 2.75) is 51.2 Å². The van der Waals surface area contributed by atoms with E-state index in [4.69, 9.17) is 4.74 Å². The van der Waals surface area contributed by atoms with E-state index < -0.39 is 52.9 Å². The van der Waals surface area contributed by atoms with Crippen LogP contribution in [0.3, 0.4) is 0 Å². The van der Waals surface area contributed by atoms with Crippen molar-refractivity contribution in [1.29, 1.82) is 0 Å². The number of carbonyl (C=O) groups excluding carboxylic acids is 3. The highest BCUT2D eigenvalue weighted by Crippen LogP contribution is 2.36. The van der Waals surface area contributed by atoms with Gasteiger partial charge in [0, 0.05) is 18.0 Å². The van der Waals surface area contributed by atoms with Gasteiger partial charge >= 0.3 is 6.09 Å². The number of carbonyl (C=O) groups is 3. The fourth-order valence-corrected chi connectivity index (χ4v) is 4.46. The Kier molecular flexibility index (Phi) is 6.44. The molecule has 3 amide bonds. The molecule has 2 atom stereocenters. The second kappa shape index (κ2) is 9.20. The molecule has 9 heteroatoms. The zero-order valence-corrected chi connectivity index (χ0v) is 19.5. The topological polar surface area (TPSA) is 75.7 Å². The Bertz CT molecular complexity index is 1200. The molecular weight excluding hydrogens is 461 g/mol. The lowest BCUT2D eigenvalue weighted by Gasteiger charge is -2.34. The summed E-state index contributed by atoms with van der Waals surface area (Å²) in [5.74, 6) is -4.99. The summed E-state index contributed by atoms with van der Waals surface area (Å²) >= 11 is 0. The molecule has 1 N–H and O–H groups in total. The molecule has 184 valence electrons. The van der Waals surface area contributed by atoms with Gasteiger partial charge in [-0.2, -0.15) is 0 Å². The Hall–Kier alpha value is -3.62. The van der Waals surface area contributed by atoms with Gasteiger partial charge in [0.1, 0.15) is 11.4 Å². The summed E-state index contributed by atoms with van der Waals surface area (Å²) < 4.78 is 47.4. The zero-order valence-electron chi connectivity index (χ0n) is 19.5. The van der Waals surface area contributed by atoms with Gasteiger partial charge in [-0.3, -0.25) is 14.5 Å². The molecule has 4 rings (SSSR count). The first-order valence-electron chi connectivity index (χ1n) is 11.2. The molecule has 0 saturated carbocycles. The van der Waals surface area contributed by atoms with Crippen LogP contribution in [-0.4, -0.2) is 41.0 Å². The van der Waals surface area contributed by atoms with Gasteiger partial charge in [0.25, 0.3) is 11.8 Å². The number of ether oxygens (including phenoxy) is 1. The van der Waals surface area contributed by atoms with Crippen molar-refractivity contribution in [3.63, 3.8) is 0 Å². The van der Waals surface area contributed by atoms with Crippen molar-refractivity contribution in [1.82, 2.24) is 10.2 Å². The Balaban J connectivity index is 1.60. The van der Waals surface area contributed by atoms with Crippen molar-refractivity contribution in [3.05, 3.63) is 82.2 Å². The summed E-state index contributed by atoms with van der Waals surface area (Å²) in [4.78, 5) is 39.2. The molecule has 35 heavy (non-hydrogen) atoms. The van der Waals surface area contributed by atoms with Crippen LogP contribution in [0.5, 0.6) is 0 Å². The van der Waals surface area contributed by atoms with Crippen LogP contribution in [0, 0.1) is 17.5 Å². The quantitative estimate of drug-likeness (QED) is 0.371. The summed E-state index contributed by atoms with van der Waals surface area (Å²) in [6, 6.07) is 7.04. The van der Waals surface area contributed by atoms with Crippen LogP contribution in [0.1, 0.15) is 65.8 Å². The molecule has 0 aromatic heterocycles. The highest BCUT2D eigenvalue weighted by molar-refractivity contribution is 6.21. The normalized spacial score (nSPS) is 19.9. The molecule has 2 aromatic rings. The van der Waals surface area contributed by atoms with Gasteiger partial charge in [-0.05, 0) is 57.4 Å². The molecule has 6 nitrogen and oxygen atoms in total. The number of imide groups is 1. The summed E-state index contributed by atoms with van der Waals surface area (Å²) in [7, 11) is 0. The third-order valence-corrected chi connectivity index (χ3v) is 6.01. The molecule has 1 aliphatic heterocycles. The van der Waals surface area contributed by atoms with E-state index in [1.807, 2.05) is 0 Å². The SMILES string of the molecule is CC(C)(C)OC(=O)NC1CC(CN2C(=O)c3ccccc3C2=O)=CCC1c1cc(F)c(F)cc1F. The lowest BCUT2D eigenvalue weighted by Crippen LogP contribution is -2.44. The maximum absolute atomic E-state index is 14.6. The van der Waals surface area contributed by atoms with Crippen molar-refractivity contribution in [3.8, 4) is 0 Å². The van der Waals surface area contributed by atoms with Crippen LogP contribution < -0.4 is 5.32 Å². The van der Waals surface area contributed by atoms with Gasteiger partial charge in [-0.15, -0.1) is 0 Å². The molecule has 2 aliphatic rings. The Morgan fingerprint density at radius 2 is 1.63 bits per heavy atom. The number of amides is 3. The number of fused-ring (bicyclic) bond motifs is 1. The van der Waals surface area contributed by atoms with E-state index in [1.165, 1.54) is 0 Å². The van der Waals surface area contributed by atoms with E-state index in [0.29, 0.717) is 22.8 Å². The number of rotatable bonds is 4. The minimum atomic E-state index is -1.31. The maximum atomic E-state index is 14.6. The van der Waals surface area contributed by atoms with Crippen LogP contribution in [0.4, 0.5) is 18.0 Å². The van der Waals surface area contributed by atoms with E-state index in [0.717, 1.165) is 11.0 Å². The van der Waals surface area contributed by atoms with Gasteiger partial charge in [0.05, 0.1) is 17.7 Å². The molecule has 2 aromatic carbocycles. The highest BCUT2D eigenvalue weighted by atomic mass is 19.2. The van der Waals surface area contributed by atoms with Crippen LogP contribution >= 0.6 is 0 Å². The van der Waals surface area contributed by atoms with Crippen LogP contribution in [0.2, 0.25) is 0 Å². The maximum Gasteiger partial charge on any atom is 0.407 e.